The maximum absolute atomic E-state index is 12.0. The first-order valence-electron chi connectivity index (χ1n) is 6.65. The molecule has 22 heavy (non-hydrogen) atoms. The standard InChI is InChI=1S/C16H16O6/c1-9(17)6-13(16(19)21-3)12-8-15(18)22-14-7-10(20-2)4-5-11(12)14/h4-5,7-8,13H,6H2,1-3H3/t13-/m1/s1. The van der Waals surface area contributed by atoms with Crippen molar-refractivity contribution in [2.45, 2.75) is 19.3 Å². The van der Waals surface area contributed by atoms with Crippen LogP contribution >= 0.6 is 0 Å². The van der Waals surface area contributed by atoms with Gasteiger partial charge in [-0.3, -0.25) is 9.59 Å². The Morgan fingerprint density at radius 1 is 1.23 bits per heavy atom. The lowest BCUT2D eigenvalue weighted by atomic mass is 9.92. The van der Waals surface area contributed by atoms with Crippen molar-refractivity contribution in [1.82, 2.24) is 0 Å². The summed E-state index contributed by atoms with van der Waals surface area (Å²) in [5, 5.41) is 0.567. The first-order chi connectivity index (χ1) is 10.5. The Balaban J connectivity index is 2.68. The molecule has 0 saturated carbocycles. The number of esters is 1. The lowest BCUT2D eigenvalue weighted by Gasteiger charge is -2.15. The van der Waals surface area contributed by atoms with Crippen molar-refractivity contribution in [1.29, 1.82) is 0 Å². The summed E-state index contributed by atoms with van der Waals surface area (Å²) in [6, 6.07) is 6.15. The van der Waals surface area contributed by atoms with E-state index in [4.69, 9.17) is 13.9 Å². The van der Waals surface area contributed by atoms with E-state index in [9.17, 15) is 14.4 Å². The van der Waals surface area contributed by atoms with Crippen molar-refractivity contribution in [3.8, 4) is 5.75 Å². The Hall–Kier alpha value is -2.63. The minimum atomic E-state index is -0.845. The van der Waals surface area contributed by atoms with Gasteiger partial charge in [-0.05, 0) is 24.6 Å². The Kier molecular flexibility index (Phi) is 4.60. The summed E-state index contributed by atoms with van der Waals surface area (Å²) in [6.07, 6.45) is -0.0444. The van der Waals surface area contributed by atoms with Gasteiger partial charge in [0, 0.05) is 23.9 Å². The number of ketones is 1. The van der Waals surface area contributed by atoms with Crippen LogP contribution in [-0.4, -0.2) is 26.0 Å². The Labute approximate surface area is 126 Å². The third kappa shape index (κ3) is 3.16. The molecule has 2 aromatic rings. The summed E-state index contributed by atoms with van der Waals surface area (Å²) in [5.74, 6) is -1.07. The molecule has 0 aliphatic heterocycles. The third-order valence-electron chi connectivity index (χ3n) is 3.34. The molecule has 0 bridgehead atoms. The molecular weight excluding hydrogens is 288 g/mol. The molecule has 1 aromatic heterocycles. The topological polar surface area (TPSA) is 82.8 Å². The molecule has 1 aromatic carbocycles. The van der Waals surface area contributed by atoms with Crippen LogP contribution in [0.25, 0.3) is 11.0 Å². The highest BCUT2D eigenvalue weighted by Crippen LogP contribution is 2.30. The van der Waals surface area contributed by atoms with Crippen molar-refractivity contribution in [2.24, 2.45) is 0 Å². The van der Waals surface area contributed by atoms with Gasteiger partial charge in [0.25, 0.3) is 0 Å². The van der Waals surface area contributed by atoms with Crippen LogP contribution in [0.15, 0.2) is 33.5 Å². The fourth-order valence-electron chi connectivity index (χ4n) is 2.33. The largest absolute Gasteiger partial charge is 0.497 e. The van der Waals surface area contributed by atoms with Gasteiger partial charge >= 0.3 is 11.6 Å². The first kappa shape index (κ1) is 15.8. The second-order valence-electron chi connectivity index (χ2n) is 4.86. The van der Waals surface area contributed by atoms with Gasteiger partial charge in [-0.25, -0.2) is 4.79 Å². The minimum Gasteiger partial charge on any atom is -0.497 e. The predicted octanol–water partition coefficient (Wildman–Crippen LogP) is 2.04. The molecule has 0 amide bonds. The summed E-state index contributed by atoms with van der Waals surface area (Å²) in [5.41, 5.74) is 0.100. The van der Waals surface area contributed by atoms with E-state index in [-0.39, 0.29) is 12.2 Å². The van der Waals surface area contributed by atoms with Crippen LogP contribution in [0.1, 0.15) is 24.8 Å². The van der Waals surface area contributed by atoms with Crippen LogP contribution in [0, 0.1) is 0 Å². The molecule has 0 aliphatic rings. The lowest BCUT2D eigenvalue weighted by Crippen LogP contribution is -2.19. The molecule has 1 atom stereocenters. The van der Waals surface area contributed by atoms with Gasteiger partial charge in [-0.1, -0.05) is 0 Å². The van der Waals surface area contributed by atoms with E-state index >= 15 is 0 Å². The van der Waals surface area contributed by atoms with Gasteiger partial charge in [0.05, 0.1) is 20.1 Å². The quantitative estimate of drug-likeness (QED) is 0.621. The van der Waals surface area contributed by atoms with Gasteiger partial charge in [-0.2, -0.15) is 0 Å². The van der Waals surface area contributed by atoms with E-state index in [1.165, 1.54) is 27.2 Å². The Morgan fingerprint density at radius 3 is 2.55 bits per heavy atom. The van der Waals surface area contributed by atoms with Crippen LogP contribution in [0.5, 0.6) is 5.75 Å². The van der Waals surface area contributed by atoms with Crippen molar-refractivity contribution in [3.63, 3.8) is 0 Å². The SMILES string of the molecule is COC(=O)[C@H](CC(C)=O)c1cc(=O)oc2cc(OC)ccc12. The lowest BCUT2D eigenvalue weighted by molar-refractivity contribution is -0.143. The molecule has 6 nitrogen and oxygen atoms in total. The maximum Gasteiger partial charge on any atom is 0.336 e. The molecule has 116 valence electrons. The van der Waals surface area contributed by atoms with Crippen molar-refractivity contribution >= 4 is 22.7 Å². The number of hydrogen-bond donors (Lipinski definition) is 0. The van der Waals surface area contributed by atoms with E-state index in [1.54, 1.807) is 18.2 Å². The van der Waals surface area contributed by atoms with Crippen molar-refractivity contribution in [3.05, 3.63) is 40.2 Å². The van der Waals surface area contributed by atoms with Crippen molar-refractivity contribution in [2.75, 3.05) is 14.2 Å². The highest BCUT2D eigenvalue weighted by Gasteiger charge is 2.26. The van der Waals surface area contributed by atoms with Crippen molar-refractivity contribution < 1.29 is 23.5 Å². The molecule has 0 unspecified atom stereocenters. The Morgan fingerprint density at radius 2 is 1.95 bits per heavy atom. The molecule has 0 spiro atoms. The average molecular weight is 304 g/mol. The van der Waals surface area contributed by atoms with Crippen LogP contribution in [0.4, 0.5) is 0 Å². The number of ether oxygens (including phenoxy) is 2. The summed E-state index contributed by atoms with van der Waals surface area (Å²) in [4.78, 5) is 35.2. The molecule has 0 fully saturated rings. The normalized spacial score (nSPS) is 12.0. The summed E-state index contributed by atoms with van der Waals surface area (Å²) in [6.45, 7) is 1.38. The van der Waals surface area contributed by atoms with Gasteiger partial charge in [-0.15, -0.1) is 0 Å². The number of benzene rings is 1. The monoisotopic (exact) mass is 304 g/mol. The molecule has 6 heteroatoms. The molecule has 2 rings (SSSR count). The number of carbonyl (C=O) groups excluding carboxylic acids is 2. The molecule has 0 N–H and O–H groups in total. The second-order valence-corrected chi connectivity index (χ2v) is 4.86. The molecule has 0 saturated heterocycles. The summed E-state index contributed by atoms with van der Waals surface area (Å²) in [7, 11) is 2.74. The van der Waals surface area contributed by atoms with Crippen LogP contribution in [0.3, 0.4) is 0 Å². The molecule has 0 aliphatic carbocycles. The number of methoxy groups -OCH3 is 2. The maximum atomic E-state index is 12.0. The van der Waals surface area contributed by atoms with E-state index in [1.807, 2.05) is 0 Å². The number of hydrogen-bond acceptors (Lipinski definition) is 6. The third-order valence-corrected chi connectivity index (χ3v) is 3.34. The number of fused-ring (bicyclic) bond motifs is 1. The molecular formula is C16H16O6. The van der Waals surface area contributed by atoms with Gasteiger partial charge in [0.2, 0.25) is 0 Å². The zero-order valence-electron chi connectivity index (χ0n) is 12.5. The number of rotatable bonds is 5. The molecule has 1 heterocycles. The number of carbonyl (C=O) groups is 2. The average Bonchev–Trinajstić information content (AvgIpc) is 2.50. The van der Waals surface area contributed by atoms with Crippen LogP contribution in [-0.2, 0) is 14.3 Å². The van der Waals surface area contributed by atoms with Crippen LogP contribution in [0.2, 0.25) is 0 Å². The first-order valence-corrected chi connectivity index (χ1v) is 6.65. The van der Waals surface area contributed by atoms with E-state index in [0.717, 1.165) is 0 Å². The fourth-order valence-corrected chi connectivity index (χ4v) is 2.33. The second kappa shape index (κ2) is 6.43. The van der Waals surface area contributed by atoms with Crippen LogP contribution < -0.4 is 10.4 Å². The number of Topliss-reactive ketones (excluding diaryl/α,β-unsaturated/α-hetero) is 1. The van der Waals surface area contributed by atoms with E-state index in [0.29, 0.717) is 22.3 Å². The summed E-state index contributed by atoms with van der Waals surface area (Å²) >= 11 is 0. The summed E-state index contributed by atoms with van der Waals surface area (Å²) < 4.78 is 15.0. The zero-order chi connectivity index (χ0) is 16.3. The molecule has 0 radical (unpaired) electrons. The van der Waals surface area contributed by atoms with E-state index < -0.39 is 17.5 Å². The smallest absolute Gasteiger partial charge is 0.336 e. The highest BCUT2D eigenvalue weighted by molar-refractivity contribution is 5.92. The fraction of sp³-hybridized carbons (Fsp3) is 0.312. The van der Waals surface area contributed by atoms with E-state index in [2.05, 4.69) is 0 Å². The highest BCUT2D eigenvalue weighted by atomic mass is 16.5. The predicted molar refractivity (Wildman–Crippen MR) is 79.1 cm³/mol. The zero-order valence-corrected chi connectivity index (χ0v) is 12.5. The van der Waals surface area contributed by atoms with Gasteiger partial charge in [0.15, 0.2) is 0 Å². The Bertz CT molecular complexity index is 774. The van der Waals surface area contributed by atoms with Gasteiger partial charge < -0.3 is 13.9 Å². The van der Waals surface area contributed by atoms with Gasteiger partial charge in [0.1, 0.15) is 17.1 Å². The minimum absolute atomic E-state index is 0.0444.